The Bertz CT molecular complexity index is 206. The van der Waals surface area contributed by atoms with E-state index in [1.807, 2.05) is 0 Å². The minimum Gasteiger partial charge on any atom is -0.314 e. The third kappa shape index (κ3) is 5.36. The highest BCUT2D eigenvalue weighted by Crippen LogP contribution is 2.26. The number of likely N-dealkylation sites (N-methyl/N-ethyl adjacent to an activating group) is 1. The second-order valence-electron chi connectivity index (χ2n) is 6.11. The SMILES string of the molecule is CC1CC(C)C(C)N(CCNCCN(C)C)C1. The molecule has 1 heterocycles. The minimum absolute atomic E-state index is 0.752. The molecule has 102 valence electrons. The van der Waals surface area contributed by atoms with Crippen molar-refractivity contribution in [2.24, 2.45) is 11.8 Å². The highest BCUT2D eigenvalue weighted by atomic mass is 15.2. The van der Waals surface area contributed by atoms with E-state index < -0.39 is 0 Å². The highest BCUT2D eigenvalue weighted by Gasteiger charge is 2.27. The Kier molecular flexibility index (Phi) is 6.45. The highest BCUT2D eigenvalue weighted by molar-refractivity contribution is 4.82. The number of piperidine rings is 1. The van der Waals surface area contributed by atoms with E-state index in [0.717, 1.165) is 37.5 Å². The standard InChI is InChI=1S/C14H31N3/c1-12-10-13(2)14(3)17(11-12)9-7-15-6-8-16(4)5/h12-15H,6-11H2,1-5H3. The lowest BCUT2D eigenvalue weighted by Gasteiger charge is -2.41. The Hall–Kier alpha value is -0.120. The predicted octanol–water partition coefficient (Wildman–Crippen LogP) is 1.50. The van der Waals surface area contributed by atoms with Gasteiger partial charge in [0.2, 0.25) is 0 Å². The van der Waals surface area contributed by atoms with Gasteiger partial charge in [-0.25, -0.2) is 0 Å². The molecule has 1 aliphatic heterocycles. The molecule has 3 nitrogen and oxygen atoms in total. The molecule has 1 fully saturated rings. The van der Waals surface area contributed by atoms with Crippen molar-refractivity contribution in [3.05, 3.63) is 0 Å². The fourth-order valence-corrected chi connectivity index (χ4v) is 2.78. The molecule has 0 spiro atoms. The number of hydrogen-bond acceptors (Lipinski definition) is 3. The average Bonchev–Trinajstić information content (AvgIpc) is 2.23. The molecule has 3 unspecified atom stereocenters. The summed E-state index contributed by atoms with van der Waals surface area (Å²) in [4.78, 5) is 4.88. The van der Waals surface area contributed by atoms with Crippen LogP contribution in [0.15, 0.2) is 0 Å². The first-order valence-corrected chi connectivity index (χ1v) is 7.10. The van der Waals surface area contributed by atoms with Crippen LogP contribution in [-0.2, 0) is 0 Å². The molecule has 0 bridgehead atoms. The van der Waals surface area contributed by atoms with Crippen LogP contribution in [0, 0.1) is 11.8 Å². The van der Waals surface area contributed by atoms with Gasteiger partial charge in [0.25, 0.3) is 0 Å². The molecule has 1 N–H and O–H groups in total. The summed E-state index contributed by atoms with van der Waals surface area (Å²) in [6.07, 6.45) is 1.39. The molecule has 1 aliphatic rings. The molecular weight excluding hydrogens is 210 g/mol. The summed E-state index contributed by atoms with van der Waals surface area (Å²) in [5, 5.41) is 3.53. The van der Waals surface area contributed by atoms with Gasteiger partial charge in [-0.3, -0.25) is 4.90 Å². The van der Waals surface area contributed by atoms with E-state index in [0.29, 0.717) is 0 Å². The number of nitrogens with zero attached hydrogens (tertiary/aromatic N) is 2. The third-order valence-corrected chi connectivity index (χ3v) is 4.03. The van der Waals surface area contributed by atoms with Crippen LogP contribution in [0.2, 0.25) is 0 Å². The molecule has 3 heteroatoms. The molecule has 0 saturated carbocycles. The Balaban J connectivity index is 2.17. The van der Waals surface area contributed by atoms with E-state index >= 15 is 0 Å². The molecule has 1 rings (SSSR count). The van der Waals surface area contributed by atoms with Gasteiger partial charge >= 0.3 is 0 Å². The van der Waals surface area contributed by atoms with E-state index in [9.17, 15) is 0 Å². The van der Waals surface area contributed by atoms with Gasteiger partial charge in [-0.1, -0.05) is 13.8 Å². The molecule has 0 radical (unpaired) electrons. The Morgan fingerprint density at radius 2 is 1.88 bits per heavy atom. The quantitative estimate of drug-likeness (QED) is 0.711. The Morgan fingerprint density at radius 3 is 2.53 bits per heavy atom. The lowest BCUT2D eigenvalue weighted by atomic mass is 9.86. The summed E-state index contributed by atoms with van der Waals surface area (Å²) in [5.74, 6) is 1.71. The molecule has 0 aromatic heterocycles. The average molecular weight is 241 g/mol. The molecule has 3 atom stereocenters. The summed E-state index contributed by atoms with van der Waals surface area (Å²) in [7, 11) is 4.25. The smallest absolute Gasteiger partial charge is 0.0110 e. The third-order valence-electron chi connectivity index (χ3n) is 4.03. The minimum atomic E-state index is 0.752. The van der Waals surface area contributed by atoms with E-state index in [4.69, 9.17) is 0 Å². The van der Waals surface area contributed by atoms with Crippen LogP contribution in [0.4, 0.5) is 0 Å². The van der Waals surface area contributed by atoms with Crippen LogP contribution in [-0.4, -0.2) is 62.7 Å². The normalized spacial score (nSPS) is 31.1. The summed E-state index contributed by atoms with van der Waals surface area (Å²) in [5.41, 5.74) is 0. The number of likely N-dealkylation sites (tertiary alicyclic amines) is 1. The van der Waals surface area contributed by atoms with Crippen molar-refractivity contribution in [2.75, 3.05) is 46.8 Å². The maximum Gasteiger partial charge on any atom is 0.0110 e. The number of nitrogens with one attached hydrogen (secondary N) is 1. The first kappa shape index (κ1) is 14.9. The van der Waals surface area contributed by atoms with Crippen LogP contribution >= 0.6 is 0 Å². The van der Waals surface area contributed by atoms with Gasteiger partial charge in [0.05, 0.1) is 0 Å². The summed E-state index contributed by atoms with van der Waals surface area (Å²) < 4.78 is 0. The lowest BCUT2D eigenvalue weighted by molar-refractivity contribution is 0.0807. The second kappa shape index (κ2) is 7.34. The second-order valence-corrected chi connectivity index (χ2v) is 6.11. The molecule has 17 heavy (non-hydrogen) atoms. The Labute approximate surface area is 108 Å². The van der Waals surface area contributed by atoms with E-state index in [1.54, 1.807) is 0 Å². The summed E-state index contributed by atoms with van der Waals surface area (Å²) in [6.45, 7) is 13.0. The zero-order valence-electron chi connectivity index (χ0n) is 12.4. The van der Waals surface area contributed by atoms with Crippen LogP contribution in [0.1, 0.15) is 27.2 Å². The first-order chi connectivity index (χ1) is 8.00. The van der Waals surface area contributed by atoms with Gasteiger partial charge < -0.3 is 10.2 Å². The van der Waals surface area contributed by atoms with Crippen molar-refractivity contribution in [3.63, 3.8) is 0 Å². The molecule has 0 aromatic rings. The summed E-state index contributed by atoms with van der Waals surface area (Å²) >= 11 is 0. The topological polar surface area (TPSA) is 18.5 Å². The lowest BCUT2D eigenvalue weighted by Crippen LogP contribution is -2.48. The molecule has 0 aromatic carbocycles. The van der Waals surface area contributed by atoms with Crippen molar-refractivity contribution in [3.8, 4) is 0 Å². The van der Waals surface area contributed by atoms with Gasteiger partial charge in [0.1, 0.15) is 0 Å². The summed E-state index contributed by atoms with van der Waals surface area (Å²) in [6, 6.07) is 0.752. The zero-order valence-corrected chi connectivity index (χ0v) is 12.4. The molecule has 0 amide bonds. The monoisotopic (exact) mass is 241 g/mol. The van der Waals surface area contributed by atoms with Crippen molar-refractivity contribution in [1.82, 2.24) is 15.1 Å². The molecular formula is C14H31N3. The van der Waals surface area contributed by atoms with Gasteiger partial charge in [-0.15, -0.1) is 0 Å². The van der Waals surface area contributed by atoms with Crippen LogP contribution in [0.5, 0.6) is 0 Å². The van der Waals surface area contributed by atoms with E-state index in [2.05, 4.69) is 50.0 Å². The van der Waals surface area contributed by atoms with Gasteiger partial charge in [-0.05, 0) is 39.3 Å². The van der Waals surface area contributed by atoms with Crippen molar-refractivity contribution in [2.45, 2.75) is 33.2 Å². The molecule has 1 saturated heterocycles. The number of rotatable bonds is 6. The Morgan fingerprint density at radius 1 is 1.18 bits per heavy atom. The van der Waals surface area contributed by atoms with Crippen LogP contribution in [0.25, 0.3) is 0 Å². The number of hydrogen-bond donors (Lipinski definition) is 1. The van der Waals surface area contributed by atoms with Crippen molar-refractivity contribution < 1.29 is 0 Å². The largest absolute Gasteiger partial charge is 0.314 e. The zero-order chi connectivity index (χ0) is 12.8. The predicted molar refractivity (Wildman–Crippen MR) is 75.4 cm³/mol. The maximum atomic E-state index is 3.53. The van der Waals surface area contributed by atoms with Crippen LogP contribution in [0.3, 0.4) is 0 Å². The maximum absolute atomic E-state index is 3.53. The first-order valence-electron chi connectivity index (χ1n) is 7.10. The van der Waals surface area contributed by atoms with Gasteiger partial charge in [0.15, 0.2) is 0 Å². The molecule has 0 aliphatic carbocycles. The fourth-order valence-electron chi connectivity index (χ4n) is 2.78. The van der Waals surface area contributed by atoms with E-state index in [-0.39, 0.29) is 0 Å². The van der Waals surface area contributed by atoms with Crippen LogP contribution < -0.4 is 5.32 Å². The van der Waals surface area contributed by atoms with E-state index in [1.165, 1.54) is 19.5 Å². The van der Waals surface area contributed by atoms with Gasteiger partial charge in [0, 0.05) is 38.8 Å². The fraction of sp³-hybridized carbons (Fsp3) is 1.00. The van der Waals surface area contributed by atoms with Crippen molar-refractivity contribution >= 4 is 0 Å². The van der Waals surface area contributed by atoms with Crippen molar-refractivity contribution in [1.29, 1.82) is 0 Å². The van der Waals surface area contributed by atoms with Gasteiger partial charge in [-0.2, -0.15) is 0 Å².